The summed E-state index contributed by atoms with van der Waals surface area (Å²) in [7, 11) is 0. The van der Waals surface area contributed by atoms with Crippen LogP contribution in [0.2, 0.25) is 0 Å². The molecule has 1 unspecified atom stereocenters. The van der Waals surface area contributed by atoms with Crippen molar-refractivity contribution < 1.29 is 0 Å². The van der Waals surface area contributed by atoms with Crippen LogP contribution in [0.15, 0.2) is 59.6 Å². The lowest BCUT2D eigenvalue weighted by Gasteiger charge is -2.13. The van der Waals surface area contributed by atoms with Gasteiger partial charge in [0.2, 0.25) is 0 Å². The number of fused-ring (bicyclic) bond motifs is 3. The van der Waals surface area contributed by atoms with Crippen molar-refractivity contribution in [3.63, 3.8) is 0 Å². The molecule has 3 rings (SSSR count). The Bertz CT molecular complexity index is 819. The third-order valence-corrected chi connectivity index (χ3v) is 4.31. The Labute approximate surface area is 152 Å². The van der Waals surface area contributed by atoms with Gasteiger partial charge in [0.1, 0.15) is 0 Å². The highest BCUT2D eigenvalue weighted by molar-refractivity contribution is 6.08. The van der Waals surface area contributed by atoms with Gasteiger partial charge in [0.25, 0.3) is 0 Å². The SMILES string of the molecule is C/C=N\C(C)NCc1cc2ccccc2c2ccccc12.CCCC. The molecule has 0 aliphatic carbocycles. The zero-order chi connectivity index (χ0) is 18.1. The lowest BCUT2D eigenvalue weighted by Crippen LogP contribution is -2.23. The number of hydrogen-bond donors (Lipinski definition) is 1. The van der Waals surface area contributed by atoms with E-state index in [9.17, 15) is 0 Å². The van der Waals surface area contributed by atoms with E-state index in [4.69, 9.17) is 0 Å². The minimum Gasteiger partial charge on any atom is -0.292 e. The molecular weight excluding hydrogens is 304 g/mol. The van der Waals surface area contributed by atoms with Crippen molar-refractivity contribution in [2.75, 3.05) is 0 Å². The van der Waals surface area contributed by atoms with E-state index in [-0.39, 0.29) is 6.17 Å². The molecule has 0 spiro atoms. The van der Waals surface area contributed by atoms with Crippen LogP contribution in [0.4, 0.5) is 0 Å². The predicted octanol–water partition coefficient (Wildman–Crippen LogP) is 6.33. The van der Waals surface area contributed by atoms with Crippen LogP contribution in [-0.2, 0) is 6.54 Å². The zero-order valence-electron chi connectivity index (χ0n) is 15.9. The molecule has 3 aromatic rings. The number of nitrogens with one attached hydrogen (secondary N) is 1. The van der Waals surface area contributed by atoms with Crippen LogP contribution in [-0.4, -0.2) is 12.4 Å². The Morgan fingerprint density at radius 3 is 2.16 bits per heavy atom. The summed E-state index contributed by atoms with van der Waals surface area (Å²) in [6.07, 6.45) is 4.62. The van der Waals surface area contributed by atoms with E-state index in [0.29, 0.717) is 0 Å². The largest absolute Gasteiger partial charge is 0.292 e. The number of benzene rings is 3. The van der Waals surface area contributed by atoms with E-state index in [1.807, 2.05) is 13.1 Å². The van der Waals surface area contributed by atoms with Gasteiger partial charge in [-0.05, 0) is 53.2 Å². The van der Waals surface area contributed by atoms with E-state index in [2.05, 4.69) is 85.7 Å². The van der Waals surface area contributed by atoms with Crippen LogP contribution in [0.25, 0.3) is 21.5 Å². The number of nitrogens with zero attached hydrogens (tertiary/aromatic N) is 1. The third-order valence-electron chi connectivity index (χ3n) is 4.31. The second-order valence-corrected chi connectivity index (χ2v) is 6.27. The van der Waals surface area contributed by atoms with Crippen LogP contribution >= 0.6 is 0 Å². The van der Waals surface area contributed by atoms with Crippen molar-refractivity contribution in [1.29, 1.82) is 0 Å². The molecule has 3 aromatic carbocycles. The fourth-order valence-electron chi connectivity index (χ4n) is 2.81. The molecule has 0 saturated heterocycles. The summed E-state index contributed by atoms with van der Waals surface area (Å²) in [4.78, 5) is 4.35. The molecule has 0 fully saturated rings. The van der Waals surface area contributed by atoms with Crippen LogP contribution in [0.5, 0.6) is 0 Å². The van der Waals surface area contributed by atoms with Crippen molar-refractivity contribution >= 4 is 27.8 Å². The van der Waals surface area contributed by atoms with Crippen LogP contribution < -0.4 is 5.32 Å². The quantitative estimate of drug-likeness (QED) is 0.428. The first-order valence-electron chi connectivity index (χ1n) is 9.31. The molecule has 2 nitrogen and oxygen atoms in total. The number of rotatable bonds is 5. The maximum absolute atomic E-state index is 4.35. The van der Waals surface area contributed by atoms with Crippen LogP contribution in [0.3, 0.4) is 0 Å². The second kappa shape index (κ2) is 9.95. The predicted molar refractivity (Wildman–Crippen MR) is 113 cm³/mol. The Hall–Kier alpha value is -2.19. The molecule has 2 heteroatoms. The van der Waals surface area contributed by atoms with Crippen molar-refractivity contribution in [3.8, 4) is 0 Å². The van der Waals surface area contributed by atoms with Crippen LogP contribution in [0.1, 0.15) is 46.1 Å². The first kappa shape index (κ1) is 19.1. The van der Waals surface area contributed by atoms with Crippen molar-refractivity contribution in [2.24, 2.45) is 4.99 Å². The van der Waals surface area contributed by atoms with Gasteiger partial charge < -0.3 is 0 Å². The van der Waals surface area contributed by atoms with Crippen molar-refractivity contribution in [2.45, 2.75) is 53.2 Å². The standard InChI is InChI=1S/C19H20N2.C4H10/c1-3-20-14(2)21-13-16-12-15-8-4-5-9-17(15)19-11-7-6-10-18(16)19;1-3-4-2/h3-12,14,21H,13H2,1-2H3;3-4H2,1-2H3/b20-3-;. The molecule has 0 radical (unpaired) electrons. The summed E-state index contributed by atoms with van der Waals surface area (Å²) in [6.45, 7) is 9.21. The molecule has 0 aliphatic heterocycles. The summed E-state index contributed by atoms with van der Waals surface area (Å²) in [6, 6.07) is 19.5. The van der Waals surface area contributed by atoms with E-state index in [1.165, 1.54) is 39.9 Å². The fraction of sp³-hybridized carbons (Fsp3) is 0.348. The molecule has 132 valence electrons. The first-order chi connectivity index (χ1) is 12.2. The molecule has 0 aromatic heterocycles. The van der Waals surface area contributed by atoms with Gasteiger partial charge in [-0.3, -0.25) is 10.3 Å². The molecule has 0 saturated carbocycles. The van der Waals surface area contributed by atoms with Gasteiger partial charge >= 0.3 is 0 Å². The van der Waals surface area contributed by atoms with Gasteiger partial charge in [0.15, 0.2) is 0 Å². The van der Waals surface area contributed by atoms with Gasteiger partial charge in [0.05, 0.1) is 6.17 Å². The summed E-state index contributed by atoms with van der Waals surface area (Å²) in [5.41, 5.74) is 1.32. The number of unbranched alkanes of at least 4 members (excludes halogenated alkanes) is 1. The highest BCUT2D eigenvalue weighted by atomic mass is 15.0. The zero-order valence-corrected chi connectivity index (χ0v) is 15.9. The molecule has 0 amide bonds. The number of aliphatic imine (C=N–C) groups is 1. The van der Waals surface area contributed by atoms with Gasteiger partial charge in [-0.2, -0.15) is 0 Å². The van der Waals surface area contributed by atoms with Gasteiger partial charge in [-0.1, -0.05) is 75.2 Å². The maximum atomic E-state index is 4.35. The lowest BCUT2D eigenvalue weighted by atomic mass is 9.97. The smallest absolute Gasteiger partial charge is 0.0964 e. The Kier molecular flexibility index (Phi) is 7.62. The normalized spacial score (nSPS) is 12.3. The number of hydrogen-bond acceptors (Lipinski definition) is 2. The fourth-order valence-corrected chi connectivity index (χ4v) is 2.81. The molecule has 0 bridgehead atoms. The minimum absolute atomic E-state index is 0.139. The van der Waals surface area contributed by atoms with E-state index >= 15 is 0 Å². The Balaban J connectivity index is 0.000000511. The van der Waals surface area contributed by atoms with Gasteiger partial charge in [0, 0.05) is 6.54 Å². The summed E-state index contributed by atoms with van der Waals surface area (Å²) >= 11 is 0. The van der Waals surface area contributed by atoms with Gasteiger partial charge in [-0.15, -0.1) is 0 Å². The van der Waals surface area contributed by atoms with E-state index < -0.39 is 0 Å². The average molecular weight is 335 g/mol. The van der Waals surface area contributed by atoms with E-state index in [1.54, 1.807) is 0 Å². The lowest BCUT2D eigenvalue weighted by molar-refractivity contribution is 0.573. The van der Waals surface area contributed by atoms with Crippen molar-refractivity contribution in [3.05, 3.63) is 60.2 Å². The molecule has 0 aliphatic rings. The molecule has 25 heavy (non-hydrogen) atoms. The topological polar surface area (TPSA) is 24.4 Å². The molecule has 1 N–H and O–H groups in total. The Morgan fingerprint density at radius 2 is 1.52 bits per heavy atom. The average Bonchev–Trinajstić information content (AvgIpc) is 2.66. The highest BCUT2D eigenvalue weighted by Gasteiger charge is 2.06. The Morgan fingerprint density at radius 1 is 0.920 bits per heavy atom. The minimum atomic E-state index is 0.139. The monoisotopic (exact) mass is 334 g/mol. The molecular formula is C23H30N2. The molecule has 1 atom stereocenters. The van der Waals surface area contributed by atoms with Gasteiger partial charge in [-0.25, -0.2) is 0 Å². The van der Waals surface area contributed by atoms with Crippen LogP contribution in [0, 0.1) is 0 Å². The van der Waals surface area contributed by atoms with Crippen molar-refractivity contribution in [1.82, 2.24) is 5.32 Å². The first-order valence-corrected chi connectivity index (χ1v) is 9.31. The maximum Gasteiger partial charge on any atom is 0.0964 e. The summed E-state index contributed by atoms with van der Waals surface area (Å²) in [5, 5.41) is 8.70. The summed E-state index contributed by atoms with van der Waals surface area (Å²) in [5.74, 6) is 0. The molecule has 0 heterocycles. The highest BCUT2D eigenvalue weighted by Crippen LogP contribution is 2.28. The summed E-state index contributed by atoms with van der Waals surface area (Å²) < 4.78 is 0. The third kappa shape index (κ3) is 5.14. The second-order valence-electron chi connectivity index (χ2n) is 6.27. The van der Waals surface area contributed by atoms with E-state index in [0.717, 1.165) is 6.54 Å².